The van der Waals surface area contributed by atoms with Gasteiger partial charge in [0.05, 0.1) is 0 Å². The first kappa shape index (κ1) is 11.9. The van der Waals surface area contributed by atoms with Crippen molar-refractivity contribution in [3.05, 3.63) is 11.2 Å². The van der Waals surface area contributed by atoms with Crippen LogP contribution < -0.4 is 16.4 Å². The van der Waals surface area contributed by atoms with Crippen molar-refractivity contribution in [1.82, 2.24) is 15.3 Å². The molecule has 1 atom stereocenters. The van der Waals surface area contributed by atoms with Gasteiger partial charge in [-0.1, -0.05) is 11.6 Å². The molecule has 1 fully saturated rings. The largest absolute Gasteiger partial charge is 0.368 e. The number of halogens is 1. The van der Waals surface area contributed by atoms with Gasteiger partial charge in [-0.3, -0.25) is 4.79 Å². The SMILES string of the molecule is Nc1nc(Cl)cc(NC2CCCCNC2=O)n1. The zero-order valence-corrected chi connectivity index (χ0v) is 10.00. The van der Waals surface area contributed by atoms with Crippen LogP contribution in [0.25, 0.3) is 0 Å². The summed E-state index contributed by atoms with van der Waals surface area (Å²) in [5.41, 5.74) is 5.48. The molecule has 0 bridgehead atoms. The number of hydrogen-bond donors (Lipinski definition) is 3. The lowest BCUT2D eigenvalue weighted by atomic mass is 10.1. The number of nitrogens with one attached hydrogen (secondary N) is 2. The predicted octanol–water partition coefficient (Wildman–Crippen LogP) is 0.793. The smallest absolute Gasteiger partial charge is 0.242 e. The number of amides is 1. The Labute approximate surface area is 104 Å². The molecule has 1 aromatic rings. The van der Waals surface area contributed by atoms with Gasteiger partial charge in [0.25, 0.3) is 0 Å². The fourth-order valence-corrected chi connectivity index (χ4v) is 1.95. The van der Waals surface area contributed by atoms with Crippen LogP contribution in [0.5, 0.6) is 0 Å². The van der Waals surface area contributed by atoms with Crippen molar-refractivity contribution < 1.29 is 4.79 Å². The highest BCUT2D eigenvalue weighted by Gasteiger charge is 2.20. The predicted molar refractivity (Wildman–Crippen MR) is 65.7 cm³/mol. The van der Waals surface area contributed by atoms with E-state index in [1.54, 1.807) is 6.07 Å². The normalized spacial score (nSPS) is 20.5. The number of carbonyl (C=O) groups is 1. The molecule has 2 rings (SSSR count). The molecule has 0 saturated carbocycles. The molecule has 1 amide bonds. The van der Waals surface area contributed by atoms with Crippen molar-refractivity contribution >= 4 is 29.3 Å². The van der Waals surface area contributed by atoms with E-state index in [1.165, 1.54) is 0 Å². The van der Waals surface area contributed by atoms with Crippen molar-refractivity contribution in [2.75, 3.05) is 17.6 Å². The van der Waals surface area contributed by atoms with E-state index in [-0.39, 0.29) is 23.1 Å². The van der Waals surface area contributed by atoms with Crippen LogP contribution in [-0.4, -0.2) is 28.5 Å². The van der Waals surface area contributed by atoms with E-state index in [9.17, 15) is 4.79 Å². The number of rotatable bonds is 2. The van der Waals surface area contributed by atoms with Crippen molar-refractivity contribution in [3.8, 4) is 0 Å². The van der Waals surface area contributed by atoms with E-state index >= 15 is 0 Å². The third-order valence-electron chi connectivity index (χ3n) is 2.57. The molecule has 0 aromatic carbocycles. The van der Waals surface area contributed by atoms with E-state index in [2.05, 4.69) is 20.6 Å². The van der Waals surface area contributed by atoms with Gasteiger partial charge in [-0.05, 0) is 19.3 Å². The number of carbonyl (C=O) groups excluding carboxylic acids is 1. The summed E-state index contributed by atoms with van der Waals surface area (Å²) in [4.78, 5) is 19.4. The third-order valence-corrected chi connectivity index (χ3v) is 2.76. The fraction of sp³-hybridized carbons (Fsp3) is 0.500. The van der Waals surface area contributed by atoms with Gasteiger partial charge in [-0.25, -0.2) is 4.98 Å². The second-order valence-electron chi connectivity index (χ2n) is 3.92. The summed E-state index contributed by atoms with van der Waals surface area (Å²) in [7, 11) is 0. The number of hydrogen-bond acceptors (Lipinski definition) is 5. The van der Waals surface area contributed by atoms with Crippen molar-refractivity contribution in [2.24, 2.45) is 0 Å². The molecule has 0 radical (unpaired) electrons. The Hall–Kier alpha value is -1.56. The van der Waals surface area contributed by atoms with Gasteiger partial charge in [0, 0.05) is 12.6 Å². The molecule has 1 aliphatic heterocycles. The van der Waals surface area contributed by atoms with Crippen LogP contribution in [0, 0.1) is 0 Å². The number of nitrogens with two attached hydrogens (primary N) is 1. The van der Waals surface area contributed by atoms with Gasteiger partial charge < -0.3 is 16.4 Å². The van der Waals surface area contributed by atoms with Crippen LogP contribution >= 0.6 is 11.6 Å². The topological polar surface area (TPSA) is 92.9 Å². The summed E-state index contributed by atoms with van der Waals surface area (Å²) in [6.07, 6.45) is 2.76. The maximum absolute atomic E-state index is 11.7. The Balaban J connectivity index is 2.10. The molecular formula is C10H14ClN5O. The van der Waals surface area contributed by atoms with Crippen molar-refractivity contribution in [3.63, 3.8) is 0 Å². The van der Waals surface area contributed by atoms with Gasteiger partial charge in [0.1, 0.15) is 17.0 Å². The molecule has 17 heavy (non-hydrogen) atoms. The summed E-state index contributed by atoms with van der Waals surface area (Å²) in [6, 6.07) is 1.26. The Morgan fingerprint density at radius 3 is 3.06 bits per heavy atom. The molecule has 0 aliphatic carbocycles. The van der Waals surface area contributed by atoms with Crippen molar-refractivity contribution in [2.45, 2.75) is 25.3 Å². The number of anilines is 2. The molecule has 4 N–H and O–H groups in total. The number of nitrogens with zero attached hydrogens (tertiary/aromatic N) is 2. The molecule has 1 aliphatic rings. The highest BCUT2D eigenvalue weighted by atomic mass is 35.5. The summed E-state index contributed by atoms with van der Waals surface area (Å²) in [6.45, 7) is 0.726. The Morgan fingerprint density at radius 2 is 2.29 bits per heavy atom. The quantitative estimate of drug-likeness (QED) is 0.680. The molecule has 1 unspecified atom stereocenters. The van der Waals surface area contributed by atoms with Crippen LogP contribution in [0.2, 0.25) is 5.15 Å². The zero-order valence-electron chi connectivity index (χ0n) is 9.24. The maximum Gasteiger partial charge on any atom is 0.242 e. The molecule has 6 nitrogen and oxygen atoms in total. The molecule has 0 spiro atoms. The lowest BCUT2D eigenvalue weighted by Gasteiger charge is -2.15. The Morgan fingerprint density at radius 1 is 1.47 bits per heavy atom. The zero-order chi connectivity index (χ0) is 12.3. The monoisotopic (exact) mass is 255 g/mol. The first-order chi connectivity index (χ1) is 8.15. The number of nitrogen functional groups attached to an aromatic ring is 1. The molecular weight excluding hydrogens is 242 g/mol. The molecule has 1 aromatic heterocycles. The Bertz CT molecular complexity index is 405. The highest BCUT2D eigenvalue weighted by Crippen LogP contribution is 2.16. The standard InChI is InChI=1S/C10H14ClN5O/c11-7-5-8(16-10(12)15-7)14-6-3-1-2-4-13-9(6)17/h5-6H,1-4H2,(H,13,17)(H3,12,14,15,16). The lowest BCUT2D eigenvalue weighted by Crippen LogP contribution is -2.38. The maximum atomic E-state index is 11.7. The van der Waals surface area contributed by atoms with E-state index < -0.39 is 0 Å². The summed E-state index contributed by atoms with van der Waals surface area (Å²) in [5, 5.41) is 6.12. The summed E-state index contributed by atoms with van der Waals surface area (Å²) < 4.78 is 0. The minimum atomic E-state index is -0.289. The van der Waals surface area contributed by atoms with E-state index in [1.807, 2.05) is 0 Å². The van der Waals surface area contributed by atoms with Crippen LogP contribution in [-0.2, 0) is 4.79 Å². The van der Waals surface area contributed by atoms with Gasteiger partial charge in [0.15, 0.2) is 0 Å². The lowest BCUT2D eigenvalue weighted by molar-refractivity contribution is -0.121. The molecule has 1 saturated heterocycles. The van der Waals surface area contributed by atoms with Crippen molar-refractivity contribution in [1.29, 1.82) is 0 Å². The second kappa shape index (κ2) is 5.18. The van der Waals surface area contributed by atoms with E-state index in [4.69, 9.17) is 17.3 Å². The summed E-state index contributed by atoms with van der Waals surface area (Å²) >= 11 is 5.76. The average molecular weight is 256 g/mol. The van der Waals surface area contributed by atoms with Crippen LogP contribution in [0.4, 0.5) is 11.8 Å². The van der Waals surface area contributed by atoms with Gasteiger partial charge in [-0.15, -0.1) is 0 Å². The van der Waals surface area contributed by atoms with Gasteiger partial charge in [0.2, 0.25) is 11.9 Å². The first-order valence-electron chi connectivity index (χ1n) is 5.49. The van der Waals surface area contributed by atoms with Crippen LogP contribution in [0.15, 0.2) is 6.07 Å². The molecule has 92 valence electrons. The average Bonchev–Trinajstić information content (AvgIpc) is 2.43. The highest BCUT2D eigenvalue weighted by molar-refractivity contribution is 6.29. The minimum absolute atomic E-state index is 0.0178. The van der Waals surface area contributed by atoms with Gasteiger partial charge in [-0.2, -0.15) is 4.98 Å². The summed E-state index contributed by atoms with van der Waals surface area (Å²) in [5.74, 6) is 0.550. The fourth-order valence-electron chi connectivity index (χ4n) is 1.76. The van der Waals surface area contributed by atoms with Crippen LogP contribution in [0.1, 0.15) is 19.3 Å². The molecule has 7 heteroatoms. The van der Waals surface area contributed by atoms with E-state index in [0.29, 0.717) is 5.82 Å². The number of aromatic nitrogens is 2. The second-order valence-corrected chi connectivity index (χ2v) is 4.31. The Kier molecular flexibility index (Phi) is 3.63. The van der Waals surface area contributed by atoms with E-state index in [0.717, 1.165) is 25.8 Å². The third kappa shape index (κ3) is 3.20. The van der Waals surface area contributed by atoms with Gasteiger partial charge >= 0.3 is 0 Å². The molecule has 2 heterocycles. The van der Waals surface area contributed by atoms with Crippen LogP contribution in [0.3, 0.4) is 0 Å². The first-order valence-corrected chi connectivity index (χ1v) is 5.87. The minimum Gasteiger partial charge on any atom is -0.368 e.